The molecule has 3 aromatic rings. The molecule has 0 saturated heterocycles. The first-order valence-corrected chi connectivity index (χ1v) is 9.52. The van der Waals surface area contributed by atoms with Crippen molar-refractivity contribution in [1.82, 2.24) is 14.5 Å². The number of benzene rings is 2. The van der Waals surface area contributed by atoms with Gasteiger partial charge in [-0.3, -0.25) is 14.2 Å². The van der Waals surface area contributed by atoms with Gasteiger partial charge in [-0.1, -0.05) is 60.7 Å². The van der Waals surface area contributed by atoms with Gasteiger partial charge in [0.2, 0.25) is 5.91 Å². The number of nitrogens with zero attached hydrogens (tertiary/aromatic N) is 3. The Bertz CT molecular complexity index is 1020. The number of fused-ring (bicyclic) bond motifs is 1. The summed E-state index contributed by atoms with van der Waals surface area (Å²) < 4.78 is 1.80. The third-order valence-electron chi connectivity index (χ3n) is 5.38. The number of carbonyl (C=O) groups is 1. The molecular formula is C23H23N3O2. The van der Waals surface area contributed by atoms with Gasteiger partial charge in [-0.05, 0) is 24.5 Å². The summed E-state index contributed by atoms with van der Waals surface area (Å²) in [5.41, 5.74) is 3.52. The van der Waals surface area contributed by atoms with E-state index in [0.29, 0.717) is 25.3 Å². The molecule has 28 heavy (non-hydrogen) atoms. The van der Waals surface area contributed by atoms with E-state index in [9.17, 15) is 9.59 Å². The highest BCUT2D eigenvalue weighted by Gasteiger charge is 2.27. The minimum atomic E-state index is -0.237. The lowest BCUT2D eigenvalue weighted by atomic mass is 9.97. The van der Waals surface area contributed by atoms with Gasteiger partial charge in [0.05, 0.1) is 18.3 Å². The Morgan fingerprint density at radius 3 is 2.11 bits per heavy atom. The molecule has 0 spiro atoms. The average Bonchev–Trinajstić information content (AvgIpc) is 2.72. The van der Waals surface area contributed by atoms with Crippen LogP contribution in [0.1, 0.15) is 41.2 Å². The fourth-order valence-corrected chi connectivity index (χ4v) is 3.96. The normalized spacial score (nSPS) is 13.5. The monoisotopic (exact) mass is 373 g/mol. The average molecular weight is 373 g/mol. The van der Waals surface area contributed by atoms with Gasteiger partial charge in [0.25, 0.3) is 5.56 Å². The molecule has 1 amide bonds. The van der Waals surface area contributed by atoms with Gasteiger partial charge in [-0.2, -0.15) is 0 Å². The third kappa shape index (κ3) is 3.24. The van der Waals surface area contributed by atoms with Crippen molar-refractivity contribution in [2.45, 2.75) is 32.9 Å². The van der Waals surface area contributed by atoms with E-state index in [4.69, 9.17) is 4.98 Å². The summed E-state index contributed by atoms with van der Waals surface area (Å²) >= 11 is 0. The topological polar surface area (TPSA) is 55.2 Å². The number of hydrogen-bond acceptors (Lipinski definition) is 3. The first kappa shape index (κ1) is 18.2. The summed E-state index contributed by atoms with van der Waals surface area (Å²) in [5.74, 6) is 0.674. The molecule has 0 unspecified atom stereocenters. The zero-order valence-corrected chi connectivity index (χ0v) is 16.1. The van der Waals surface area contributed by atoms with Gasteiger partial charge >= 0.3 is 0 Å². The lowest BCUT2D eigenvalue weighted by molar-refractivity contribution is -0.129. The van der Waals surface area contributed by atoms with E-state index in [1.165, 1.54) is 0 Å². The molecule has 0 atom stereocenters. The minimum Gasteiger partial charge on any atom is -0.337 e. The highest BCUT2D eigenvalue weighted by atomic mass is 16.2. The van der Waals surface area contributed by atoms with E-state index < -0.39 is 0 Å². The first-order chi connectivity index (χ1) is 13.6. The lowest BCUT2D eigenvalue weighted by Crippen LogP contribution is -2.41. The van der Waals surface area contributed by atoms with Crippen LogP contribution in [0.4, 0.5) is 0 Å². The molecule has 4 rings (SSSR count). The Hall–Kier alpha value is -3.21. The van der Waals surface area contributed by atoms with Gasteiger partial charge < -0.3 is 4.90 Å². The molecule has 0 N–H and O–H groups in total. The van der Waals surface area contributed by atoms with Crippen LogP contribution in [0.25, 0.3) is 0 Å². The second-order valence-electron chi connectivity index (χ2n) is 7.17. The molecule has 0 radical (unpaired) electrons. The Kier molecular flexibility index (Phi) is 4.82. The molecule has 2 aromatic carbocycles. The zero-order valence-electron chi connectivity index (χ0n) is 16.1. The highest BCUT2D eigenvalue weighted by Crippen LogP contribution is 2.27. The van der Waals surface area contributed by atoms with Gasteiger partial charge in [-0.15, -0.1) is 0 Å². The quantitative estimate of drug-likeness (QED) is 0.709. The minimum absolute atomic E-state index is 0.0107. The molecule has 5 nitrogen and oxygen atoms in total. The maximum atomic E-state index is 13.5. The number of aryl methyl sites for hydroxylation is 1. The van der Waals surface area contributed by atoms with Crippen LogP contribution in [0.15, 0.2) is 65.5 Å². The molecule has 5 heteroatoms. The molecule has 0 bridgehead atoms. The van der Waals surface area contributed by atoms with Gasteiger partial charge in [-0.25, -0.2) is 4.98 Å². The van der Waals surface area contributed by atoms with Crippen LogP contribution in [-0.4, -0.2) is 26.9 Å². The number of hydrogen-bond donors (Lipinski definition) is 0. The molecule has 1 aliphatic heterocycles. The van der Waals surface area contributed by atoms with Crippen LogP contribution < -0.4 is 5.56 Å². The Balaban J connectivity index is 1.89. The molecule has 0 aliphatic carbocycles. The predicted molar refractivity (Wildman–Crippen MR) is 108 cm³/mol. The van der Waals surface area contributed by atoms with Gasteiger partial charge in [0.1, 0.15) is 5.82 Å². The van der Waals surface area contributed by atoms with E-state index in [0.717, 1.165) is 22.4 Å². The molecular weight excluding hydrogens is 350 g/mol. The summed E-state index contributed by atoms with van der Waals surface area (Å²) in [4.78, 5) is 31.7. The van der Waals surface area contributed by atoms with Crippen LogP contribution in [0.2, 0.25) is 0 Å². The van der Waals surface area contributed by atoms with E-state index in [1.54, 1.807) is 16.4 Å². The predicted octanol–water partition coefficient (Wildman–Crippen LogP) is 3.09. The maximum absolute atomic E-state index is 13.5. The Labute approximate surface area is 164 Å². The van der Waals surface area contributed by atoms with Crippen molar-refractivity contribution in [3.05, 3.63) is 99.2 Å². The Morgan fingerprint density at radius 2 is 1.57 bits per heavy atom. The van der Waals surface area contributed by atoms with Crippen LogP contribution >= 0.6 is 0 Å². The van der Waals surface area contributed by atoms with E-state index in [2.05, 4.69) is 0 Å². The number of amides is 1. The van der Waals surface area contributed by atoms with Crippen molar-refractivity contribution in [3.63, 3.8) is 0 Å². The second kappa shape index (κ2) is 7.43. The van der Waals surface area contributed by atoms with Crippen molar-refractivity contribution >= 4 is 5.91 Å². The van der Waals surface area contributed by atoms with E-state index >= 15 is 0 Å². The largest absolute Gasteiger partial charge is 0.337 e. The fourth-order valence-electron chi connectivity index (χ4n) is 3.96. The summed E-state index contributed by atoms with van der Waals surface area (Å²) in [6, 6.07) is 19.8. The van der Waals surface area contributed by atoms with Gasteiger partial charge in [0, 0.05) is 19.0 Å². The highest BCUT2D eigenvalue weighted by molar-refractivity contribution is 5.73. The van der Waals surface area contributed by atoms with Crippen LogP contribution in [0.3, 0.4) is 0 Å². The molecule has 2 heterocycles. The summed E-state index contributed by atoms with van der Waals surface area (Å²) in [6.45, 7) is 4.39. The van der Waals surface area contributed by atoms with Gasteiger partial charge in [0.15, 0.2) is 0 Å². The maximum Gasteiger partial charge on any atom is 0.257 e. The van der Waals surface area contributed by atoms with Crippen molar-refractivity contribution in [1.29, 1.82) is 0 Å². The van der Waals surface area contributed by atoms with Crippen molar-refractivity contribution in [2.24, 2.45) is 0 Å². The number of carbonyl (C=O) groups excluding carboxylic acids is 1. The summed E-state index contributed by atoms with van der Waals surface area (Å²) in [5, 5.41) is 0. The molecule has 1 aliphatic rings. The van der Waals surface area contributed by atoms with Crippen LogP contribution in [-0.2, 0) is 17.8 Å². The summed E-state index contributed by atoms with van der Waals surface area (Å²) in [7, 11) is 0. The second-order valence-corrected chi connectivity index (χ2v) is 7.17. The fraction of sp³-hybridized carbons (Fsp3) is 0.261. The summed E-state index contributed by atoms with van der Waals surface area (Å²) in [6.07, 6.45) is 0.539. The van der Waals surface area contributed by atoms with Crippen LogP contribution in [0, 0.1) is 6.92 Å². The van der Waals surface area contributed by atoms with E-state index in [1.807, 2.05) is 67.6 Å². The zero-order chi connectivity index (χ0) is 19.7. The molecule has 1 aromatic heterocycles. The SMILES string of the molecule is CC(=O)N1CCc2c(nc(C)n(C(c3ccccc3)c3ccccc3)c2=O)C1. The number of aromatic nitrogens is 2. The number of rotatable bonds is 3. The Morgan fingerprint density at radius 1 is 1.00 bits per heavy atom. The first-order valence-electron chi connectivity index (χ1n) is 9.52. The third-order valence-corrected chi connectivity index (χ3v) is 5.38. The molecule has 0 saturated carbocycles. The smallest absolute Gasteiger partial charge is 0.257 e. The standard InChI is InChI=1S/C23H23N3O2/c1-16-24-21-15-25(17(2)27)14-13-20(21)23(28)26(16)22(18-9-5-3-6-10-18)19-11-7-4-8-12-19/h3-12,22H,13-15H2,1-2H3. The molecule has 0 fully saturated rings. The van der Waals surface area contributed by atoms with Crippen molar-refractivity contribution < 1.29 is 4.79 Å². The van der Waals surface area contributed by atoms with Crippen LogP contribution in [0.5, 0.6) is 0 Å². The molecule has 142 valence electrons. The lowest BCUT2D eigenvalue weighted by Gasteiger charge is -2.29. The van der Waals surface area contributed by atoms with Crippen molar-refractivity contribution in [3.8, 4) is 0 Å². The van der Waals surface area contributed by atoms with E-state index in [-0.39, 0.29) is 17.5 Å². The van der Waals surface area contributed by atoms with Crippen molar-refractivity contribution in [2.75, 3.05) is 6.54 Å².